The number of hydrazine groups is 1. The maximum absolute atomic E-state index is 11.5. The molecule has 0 radical (unpaired) electrons. The van der Waals surface area contributed by atoms with Crippen molar-refractivity contribution in [2.45, 2.75) is 5.91 Å². The number of nitrogens with one attached hydrogen (secondary N) is 2. The summed E-state index contributed by atoms with van der Waals surface area (Å²) in [5, 5.41) is -4.35. The maximum atomic E-state index is 11.5. The third kappa shape index (κ3) is 1.72. The van der Waals surface area contributed by atoms with Crippen molar-refractivity contribution >= 4 is 0 Å². The molecule has 0 atom stereocenters. The van der Waals surface area contributed by atoms with E-state index in [2.05, 4.69) is 5.84 Å². The van der Waals surface area contributed by atoms with Gasteiger partial charge in [-0.2, -0.15) is 0 Å². The average Bonchev–Trinajstić information content (AvgIpc) is 1.90. The predicted octanol–water partition coefficient (Wildman–Crippen LogP) is -0.323. The number of rotatable bonds is 4. The number of nitrogens with two attached hydrogens (primary N) is 1. The van der Waals surface area contributed by atoms with Crippen LogP contribution in [0.4, 0.5) is 22.4 Å². The summed E-state index contributed by atoms with van der Waals surface area (Å²) < 4.78 is 57.3. The van der Waals surface area contributed by atoms with Crippen molar-refractivity contribution in [3.63, 3.8) is 0 Å². The van der Waals surface area contributed by atoms with Gasteiger partial charge in [0, 0.05) is 0 Å². The monoisotopic (exact) mass is 181 g/mol. The highest BCUT2D eigenvalue weighted by molar-refractivity contribution is 4.61. The van der Waals surface area contributed by atoms with Crippen LogP contribution in [-0.4, -0.2) is 16.6 Å². The molecule has 11 heavy (non-hydrogen) atoms. The quantitative estimate of drug-likeness (QED) is 0.182. The first-order valence-corrected chi connectivity index (χ1v) is 2.10. The van der Waals surface area contributed by atoms with E-state index in [9.17, 15) is 22.4 Å². The number of nitrogens with zero attached hydrogens (tertiary/aromatic N) is 2. The highest BCUT2D eigenvalue weighted by atomic mass is 19.4. The molecule has 0 aromatic carbocycles. The predicted molar refractivity (Wildman–Crippen MR) is 22.4 cm³/mol. The lowest BCUT2D eigenvalue weighted by Crippen LogP contribution is -2.69. The molecule has 0 aromatic rings. The van der Waals surface area contributed by atoms with Gasteiger partial charge in [0.25, 0.3) is 0 Å². The third-order valence-corrected chi connectivity index (χ3v) is 0.822. The number of hydrogen-bond acceptors (Lipinski definition) is 5. The molecule has 0 spiro atoms. The summed E-state index contributed by atoms with van der Waals surface area (Å²) in [5.41, 5.74) is 0.910. The average molecular weight is 181 g/mol. The largest absolute Gasteiger partial charge is 0.339 e. The lowest BCUT2D eigenvalue weighted by Gasteiger charge is -2.27. The first kappa shape index (κ1) is 10.4. The molecule has 68 valence electrons. The Labute approximate surface area is 57.2 Å². The van der Waals surface area contributed by atoms with E-state index in [1.165, 1.54) is 0 Å². The molecule has 0 aliphatic rings. The van der Waals surface area contributed by atoms with Gasteiger partial charge >= 0.3 is 5.91 Å². The Bertz CT molecular complexity index is 101. The minimum Gasteiger partial charge on any atom is -0.267 e. The summed E-state index contributed by atoms with van der Waals surface area (Å²) in [6.45, 7) is 0. The Morgan fingerprint density at radius 2 is 1.45 bits per heavy atom. The molecule has 0 rings (SSSR count). The second kappa shape index (κ2) is 3.73. The van der Waals surface area contributed by atoms with E-state index in [0.29, 0.717) is 0 Å². The van der Waals surface area contributed by atoms with Crippen LogP contribution >= 0.6 is 0 Å². The molecular weight excluding hydrogens is 177 g/mol. The van der Waals surface area contributed by atoms with Crippen molar-refractivity contribution in [3.8, 4) is 0 Å². The minimum absolute atomic E-state index is 0.0799. The Kier molecular flexibility index (Phi) is 3.54. The van der Waals surface area contributed by atoms with Crippen LogP contribution in [-0.2, 0) is 0 Å². The van der Waals surface area contributed by atoms with E-state index < -0.39 is 16.6 Å². The van der Waals surface area contributed by atoms with Gasteiger partial charge in [-0.3, -0.25) is 5.84 Å². The van der Waals surface area contributed by atoms with Gasteiger partial charge < -0.3 is 0 Å². The Hall–Kier alpha value is -0.550. The smallest absolute Gasteiger partial charge is 0.267 e. The van der Waals surface area contributed by atoms with Crippen LogP contribution in [0.1, 0.15) is 0 Å². The van der Waals surface area contributed by atoms with Crippen LogP contribution in [0.15, 0.2) is 0 Å². The molecule has 0 amide bonds. The molecule has 0 saturated carbocycles. The van der Waals surface area contributed by atoms with E-state index >= 15 is 0 Å². The van der Waals surface area contributed by atoms with Crippen molar-refractivity contribution in [1.82, 2.24) is 21.7 Å². The number of hydrogen-bond donors (Lipinski definition) is 3. The Morgan fingerprint density at radius 1 is 1.09 bits per heavy atom. The molecule has 0 aliphatic carbocycles. The standard InChI is InChI=1S/CH4F5N5/c2-8-1(9-7,10(3)4)11(5)6/h8-9H,7H2. The van der Waals surface area contributed by atoms with Gasteiger partial charge in [-0.25, -0.2) is 5.43 Å². The first-order valence-electron chi connectivity index (χ1n) is 2.10. The summed E-state index contributed by atoms with van der Waals surface area (Å²) in [7, 11) is 0. The van der Waals surface area contributed by atoms with Gasteiger partial charge in [0.15, 0.2) is 0 Å². The fourth-order valence-electron chi connectivity index (χ4n) is 0.246. The van der Waals surface area contributed by atoms with Gasteiger partial charge in [0.2, 0.25) is 0 Å². The second-order valence-electron chi connectivity index (χ2n) is 1.38. The van der Waals surface area contributed by atoms with Crippen molar-refractivity contribution in [3.05, 3.63) is 0 Å². The summed E-state index contributed by atoms with van der Waals surface area (Å²) >= 11 is 0. The summed E-state index contributed by atoms with van der Waals surface area (Å²) in [6, 6.07) is 0. The Morgan fingerprint density at radius 3 is 1.45 bits per heavy atom. The first-order chi connectivity index (χ1) is 5.01. The number of halogens is 5. The zero-order valence-corrected chi connectivity index (χ0v) is 4.86. The topological polar surface area (TPSA) is 56.6 Å². The zero-order chi connectivity index (χ0) is 9.07. The third-order valence-electron chi connectivity index (χ3n) is 0.822. The van der Waals surface area contributed by atoms with Crippen LogP contribution in [0.5, 0.6) is 0 Å². The molecule has 10 heteroatoms. The van der Waals surface area contributed by atoms with Gasteiger partial charge in [-0.1, -0.05) is 17.9 Å². The van der Waals surface area contributed by atoms with Gasteiger partial charge in [-0.05, 0) is 0 Å². The molecule has 5 nitrogen and oxygen atoms in total. The summed E-state index contributed by atoms with van der Waals surface area (Å²) in [5.74, 6) is 0.419. The molecule has 4 N–H and O–H groups in total. The van der Waals surface area contributed by atoms with Crippen LogP contribution in [0.25, 0.3) is 0 Å². The SMILES string of the molecule is NNC(NF)(N(F)F)N(F)F. The molecule has 0 saturated heterocycles. The highest BCUT2D eigenvalue weighted by Crippen LogP contribution is 2.16. The van der Waals surface area contributed by atoms with Crippen molar-refractivity contribution in [2.75, 3.05) is 0 Å². The Balaban J connectivity index is 4.46. The lowest BCUT2D eigenvalue weighted by atomic mass is 10.7. The van der Waals surface area contributed by atoms with Crippen LogP contribution in [0.3, 0.4) is 0 Å². The normalized spacial score (nSPS) is 13.1. The summed E-state index contributed by atoms with van der Waals surface area (Å²) in [6.07, 6.45) is 0. The molecule has 0 bridgehead atoms. The van der Waals surface area contributed by atoms with Crippen molar-refractivity contribution in [2.24, 2.45) is 5.84 Å². The maximum Gasteiger partial charge on any atom is 0.339 e. The zero-order valence-electron chi connectivity index (χ0n) is 4.86. The van der Waals surface area contributed by atoms with Gasteiger partial charge in [-0.15, -0.1) is 10.0 Å². The summed E-state index contributed by atoms with van der Waals surface area (Å²) in [4.78, 5) is 0. The molecule has 0 heterocycles. The minimum atomic E-state index is -3.81. The molecule has 0 aromatic heterocycles. The van der Waals surface area contributed by atoms with Crippen LogP contribution < -0.4 is 16.8 Å². The van der Waals surface area contributed by atoms with Gasteiger partial charge in [0.05, 0.1) is 10.7 Å². The van der Waals surface area contributed by atoms with Crippen molar-refractivity contribution < 1.29 is 22.4 Å². The van der Waals surface area contributed by atoms with E-state index in [4.69, 9.17) is 0 Å². The van der Waals surface area contributed by atoms with Gasteiger partial charge in [0.1, 0.15) is 0 Å². The molecular formula is CH4F5N5. The van der Waals surface area contributed by atoms with Crippen LogP contribution in [0, 0.1) is 0 Å². The fourth-order valence-corrected chi connectivity index (χ4v) is 0.246. The van der Waals surface area contributed by atoms with Crippen LogP contribution in [0.2, 0.25) is 0 Å². The van der Waals surface area contributed by atoms with E-state index in [1.54, 1.807) is 0 Å². The van der Waals surface area contributed by atoms with Crippen molar-refractivity contribution in [1.29, 1.82) is 0 Å². The molecule has 0 unspecified atom stereocenters. The highest BCUT2D eigenvalue weighted by Gasteiger charge is 2.48. The second-order valence-corrected chi connectivity index (χ2v) is 1.38. The molecule has 0 fully saturated rings. The molecule has 0 aliphatic heterocycles. The lowest BCUT2D eigenvalue weighted by molar-refractivity contribution is -0.405. The fraction of sp³-hybridized carbons (Fsp3) is 1.00. The van der Waals surface area contributed by atoms with E-state index in [0.717, 1.165) is 5.43 Å². The van der Waals surface area contributed by atoms with E-state index in [1.807, 2.05) is 0 Å². The van der Waals surface area contributed by atoms with E-state index in [-0.39, 0.29) is 5.54 Å².